The first-order valence-electron chi connectivity index (χ1n) is 29.0. The number of benzene rings is 11. The smallest absolute Gasteiger partial charge is 0.0617 e. The summed E-state index contributed by atoms with van der Waals surface area (Å²) in [6.07, 6.45) is 0. The van der Waals surface area contributed by atoms with Gasteiger partial charge in [0.05, 0.1) is 16.7 Å². The zero-order valence-electron chi connectivity index (χ0n) is 48.2. The van der Waals surface area contributed by atoms with E-state index < -0.39 is 0 Å². The maximum Gasteiger partial charge on any atom is 0.0617 e. The van der Waals surface area contributed by atoms with E-state index in [9.17, 15) is 0 Å². The van der Waals surface area contributed by atoms with Crippen LogP contribution in [-0.2, 0) is 16.2 Å². The van der Waals surface area contributed by atoms with Crippen molar-refractivity contribution in [3.63, 3.8) is 0 Å². The van der Waals surface area contributed by atoms with Gasteiger partial charge in [-0.1, -0.05) is 237 Å². The van der Waals surface area contributed by atoms with Crippen LogP contribution in [-0.4, -0.2) is 4.40 Å². The second-order valence-corrected chi connectivity index (χ2v) is 25.1. The predicted molar refractivity (Wildman–Crippen MR) is 350 cm³/mol. The molecule has 398 valence electrons. The van der Waals surface area contributed by atoms with Crippen molar-refractivity contribution in [2.45, 2.75) is 71.6 Å². The third-order valence-corrected chi connectivity index (χ3v) is 17.5. The monoisotopic (exact) mass is 1060 g/mol. The summed E-state index contributed by atoms with van der Waals surface area (Å²) in [6, 6.07) is 97.0. The highest BCUT2D eigenvalue weighted by molar-refractivity contribution is 6.19. The summed E-state index contributed by atoms with van der Waals surface area (Å²) in [5.74, 6) is 0. The summed E-state index contributed by atoms with van der Waals surface area (Å²) in [5.41, 5.74) is 26.7. The average molecular weight is 1060 g/mol. The van der Waals surface area contributed by atoms with E-state index in [0.717, 1.165) is 34.1 Å². The summed E-state index contributed by atoms with van der Waals surface area (Å²) >= 11 is 0. The molecule has 0 aliphatic heterocycles. The molecule has 0 radical (unpaired) electrons. The summed E-state index contributed by atoms with van der Waals surface area (Å²) < 4.78 is 2.58. The Kier molecular flexibility index (Phi) is 12.0. The quantitative estimate of drug-likeness (QED) is 0.135. The number of nitrogens with zero attached hydrogens (tertiary/aromatic N) is 3. The van der Waals surface area contributed by atoms with Crippen LogP contribution in [0, 0.1) is 0 Å². The molecule has 0 saturated carbocycles. The van der Waals surface area contributed by atoms with Crippen molar-refractivity contribution in [3.05, 3.63) is 283 Å². The van der Waals surface area contributed by atoms with E-state index >= 15 is 0 Å². The van der Waals surface area contributed by atoms with E-state index in [1.54, 1.807) is 0 Å². The summed E-state index contributed by atoms with van der Waals surface area (Å²) in [5, 5.41) is 3.82. The lowest BCUT2D eigenvalue weighted by atomic mass is 9.81. The molecule has 14 rings (SSSR count). The highest BCUT2D eigenvalue weighted by Crippen LogP contribution is 2.56. The molecule has 1 aliphatic carbocycles. The Morgan fingerprint density at radius 3 is 1.09 bits per heavy atom. The van der Waals surface area contributed by atoms with E-state index in [0.29, 0.717) is 0 Å². The van der Waals surface area contributed by atoms with Gasteiger partial charge in [0.25, 0.3) is 0 Å². The zero-order valence-corrected chi connectivity index (χ0v) is 48.2. The Bertz CT molecular complexity index is 4460. The molecule has 0 fully saturated rings. The zero-order chi connectivity index (χ0) is 56.1. The fourth-order valence-electron chi connectivity index (χ4n) is 13.0. The van der Waals surface area contributed by atoms with Gasteiger partial charge in [-0.05, 0) is 156 Å². The first-order valence-corrected chi connectivity index (χ1v) is 29.0. The van der Waals surface area contributed by atoms with E-state index in [4.69, 9.17) is 0 Å². The number of fused-ring (bicyclic) bond motifs is 8. The molecule has 2 aromatic heterocycles. The standard InChI is InChI=1S/C79H67N3/c1-77(2,3)60-34-22-54(23-35-60)58-30-42-63(43-31-58)80(62-38-26-56(27-39-62)52-16-11-9-12-17-52)66-47-49-73-71(50-66)68-20-15-21-70-74-76(82(73)75(68)70)69-48-46-67(51-72(69)79(74,7)8)81(64-40-28-57(29-41-64)53-18-13-10-14-19-53)65-44-32-59(33-45-65)55-24-36-61(37-25-55)78(4,5)6/h9-51H,1-8H3. The molecule has 0 amide bonds. The van der Waals surface area contributed by atoms with Crippen molar-refractivity contribution in [1.29, 1.82) is 0 Å². The maximum absolute atomic E-state index is 2.58. The highest BCUT2D eigenvalue weighted by atomic mass is 15.1. The third kappa shape index (κ3) is 8.66. The molecule has 0 bridgehead atoms. The first kappa shape index (κ1) is 50.8. The van der Waals surface area contributed by atoms with Gasteiger partial charge in [0.2, 0.25) is 0 Å². The number of rotatable bonds is 10. The van der Waals surface area contributed by atoms with E-state index in [2.05, 4.69) is 330 Å². The minimum atomic E-state index is -0.282. The molecule has 3 nitrogen and oxygen atoms in total. The Hall–Kier alpha value is -9.44. The fraction of sp³-hybridized carbons (Fsp3) is 0.139. The minimum absolute atomic E-state index is 0.101. The summed E-state index contributed by atoms with van der Waals surface area (Å²) in [7, 11) is 0. The normalized spacial score (nSPS) is 13.0. The molecule has 0 saturated heterocycles. The Labute approximate surface area is 483 Å². The van der Waals surface area contributed by atoms with Crippen molar-refractivity contribution < 1.29 is 0 Å². The van der Waals surface area contributed by atoms with Crippen LogP contribution in [0.25, 0.3) is 83.0 Å². The molecule has 0 spiro atoms. The van der Waals surface area contributed by atoms with Gasteiger partial charge in [0.1, 0.15) is 0 Å². The second-order valence-electron chi connectivity index (χ2n) is 25.1. The predicted octanol–water partition coefficient (Wildman–Crippen LogP) is 22.2. The number of hydrogen-bond donors (Lipinski definition) is 0. The molecule has 0 N–H and O–H groups in total. The molecule has 1 aliphatic rings. The number of anilines is 6. The summed E-state index contributed by atoms with van der Waals surface area (Å²) in [4.78, 5) is 4.84. The molecule has 0 unspecified atom stereocenters. The lowest BCUT2D eigenvalue weighted by Gasteiger charge is -2.28. The minimum Gasteiger partial charge on any atom is -0.310 e. The van der Waals surface area contributed by atoms with Crippen LogP contribution in [0.3, 0.4) is 0 Å². The Balaban J connectivity index is 0.870. The lowest BCUT2D eigenvalue weighted by Crippen LogP contribution is -2.16. The first-order chi connectivity index (χ1) is 39.7. The summed E-state index contributed by atoms with van der Waals surface area (Å²) in [6.45, 7) is 18.5. The fourth-order valence-corrected chi connectivity index (χ4v) is 13.0. The highest BCUT2D eigenvalue weighted by Gasteiger charge is 2.41. The molecule has 11 aromatic carbocycles. The van der Waals surface area contributed by atoms with Crippen molar-refractivity contribution in [3.8, 4) is 55.8 Å². The molecular weight excluding hydrogens is 991 g/mol. The van der Waals surface area contributed by atoms with Gasteiger partial charge in [-0.2, -0.15) is 0 Å². The molecule has 0 atom stereocenters. The molecule has 2 heterocycles. The van der Waals surface area contributed by atoms with Crippen molar-refractivity contribution >= 4 is 61.3 Å². The average Bonchev–Trinajstić information content (AvgIpc) is 1.87. The van der Waals surface area contributed by atoms with Crippen molar-refractivity contribution in [1.82, 2.24) is 4.40 Å². The Morgan fingerprint density at radius 1 is 0.317 bits per heavy atom. The topological polar surface area (TPSA) is 10.9 Å². The number of hydrogen-bond acceptors (Lipinski definition) is 2. The second kappa shape index (κ2) is 19.4. The van der Waals surface area contributed by atoms with Gasteiger partial charge in [0.15, 0.2) is 0 Å². The van der Waals surface area contributed by atoms with Gasteiger partial charge >= 0.3 is 0 Å². The van der Waals surface area contributed by atoms with Gasteiger partial charge in [0, 0.05) is 61.3 Å². The van der Waals surface area contributed by atoms with Crippen molar-refractivity contribution in [2.75, 3.05) is 9.80 Å². The maximum atomic E-state index is 2.58. The van der Waals surface area contributed by atoms with E-state index in [-0.39, 0.29) is 16.2 Å². The van der Waals surface area contributed by atoms with Crippen LogP contribution in [0.5, 0.6) is 0 Å². The van der Waals surface area contributed by atoms with E-state index in [1.165, 1.54) is 105 Å². The van der Waals surface area contributed by atoms with Crippen LogP contribution >= 0.6 is 0 Å². The molecule has 13 aromatic rings. The SMILES string of the molecule is CC(C)(C)c1ccc(-c2ccc(N(c3ccc(-c4ccccc4)cc3)c3ccc4c(c3)C(C)(C)c3c-4n4c5ccc(N(c6ccc(-c7ccccc7)cc6)c6ccc(-c7ccc(C(C)(C)C)cc7)cc6)cc5c5cccc3c54)cc2)cc1. The van der Waals surface area contributed by atoms with Crippen LogP contribution in [0.15, 0.2) is 261 Å². The van der Waals surface area contributed by atoms with Gasteiger partial charge in [-0.3, -0.25) is 0 Å². The molecular formula is C79H67N3. The van der Waals surface area contributed by atoms with E-state index in [1.807, 2.05) is 0 Å². The largest absolute Gasteiger partial charge is 0.310 e. The van der Waals surface area contributed by atoms with Gasteiger partial charge in [-0.25, -0.2) is 0 Å². The third-order valence-electron chi connectivity index (χ3n) is 17.5. The van der Waals surface area contributed by atoms with Gasteiger partial charge < -0.3 is 14.2 Å². The van der Waals surface area contributed by atoms with Gasteiger partial charge in [-0.15, -0.1) is 0 Å². The number of aromatic nitrogens is 1. The lowest BCUT2D eigenvalue weighted by molar-refractivity contribution is 0.590. The Morgan fingerprint density at radius 2 is 0.671 bits per heavy atom. The molecule has 82 heavy (non-hydrogen) atoms. The van der Waals surface area contributed by atoms with Crippen LogP contribution in [0.1, 0.15) is 77.6 Å². The van der Waals surface area contributed by atoms with Crippen LogP contribution in [0.4, 0.5) is 34.1 Å². The van der Waals surface area contributed by atoms with Crippen LogP contribution < -0.4 is 9.80 Å². The number of para-hydroxylation sites is 1. The molecule has 3 heteroatoms. The van der Waals surface area contributed by atoms with Crippen LogP contribution in [0.2, 0.25) is 0 Å². The van der Waals surface area contributed by atoms with Crippen molar-refractivity contribution in [2.24, 2.45) is 0 Å².